The Morgan fingerprint density at radius 2 is 2.42 bits per heavy atom. The van der Waals surface area contributed by atoms with Crippen molar-refractivity contribution >= 4 is 17.3 Å². The molecule has 4 N–H and O–H groups in total. The molecule has 0 spiro atoms. The van der Waals surface area contributed by atoms with E-state index >= 15 is 0 Å². The lowest BCUT2D eigenvalue weighted by Gasteiger charge is -2.20. The molecule has 8 nitrogen and oxygen atoms in total. The predicted octanol–water partition coefficient (Wildman–Crippen LogP) is -0.554. The molecule has 19 heavy (non-hydrogen) atoms. The van der Waals surface area contributed by atoms with Gasteiger partial charge < -0.3 is 16.0 Å². The van der Waals surface area contributed by atoms with Crippen LogP contribution in [0.5, 0.6) is 0 Å². The second-order valence-corrected chi connectivity index (χ2v) is 4.70. The lowest BCUT2D eigenvalue weighted by Crippen LogP contribution is -3.14. The van der Waals surface area contributed by atoms with Crippen LogP contribution >= 0.6 is 0 Å². The number of nitro groups is 1. The van der Waals surface area contributed by atoms with Gasteiger partial charge in [-0.15, -0.1) is 0 Å². The Kier molecular flexibility index (Phi) is 4.10. The van der Waals surface area contributed by atoms with E-state index in [-0.39, 0.29) is 17.3 Å². The zero-order valence-electron chi connectivity index (χ0n) is 10.9. The topological polar surface area (TPSA) is 111 Å². The molecule has 0 saturated carbocycles. The predicted molar refractivity (Wildman–Crippen MR) is 71.0 cm³/mol. The van der Waals surface area contributed by atoms with Crippen LogP contribution in [0, 0.1) is 10.1 Å². The highest BCUT2D eigenvalue weighted by Crippen LogP contribution is 2.26. The standard InChI is InChI=1S/C11H18N6O2/c1-2-16-5-3-4-8(16)6-13-11-9(17(18)19)10(12)14-7-15-11/h7-8H,2-6H2,1H3,(H3,12,13,14,15)/p+1/t8-/m1/s1. The maximum atomic E-state index is 11.0. The highest BCUT2D eigenvalue weighted by Gasteiger charge is 2.28. The van der Waals surface area contributed by atoms with Crippen LogP contribution in [-0.4, -0.2) is 40.6 Å². The zero-order valence-corrected chi connectivity index (χ0v) is 10.9. The fourth-order valence-electron chi connectivity index (χ4n) is 2.62. The summed E-state index contributed by atoms with van der Waals surface area (Å²) in [5, 5.41) is 14.0. The molecule has 104 valence electrons. The summed E-state index contributed by atoms with van der Waals surface area (Å²) in [5.41, 5.74) is 5.28. The van der Waals surface area contributed by atoms with Crippen LogP contribution in [0.1, 0.15) is 19.8 Å². The van der Waals surface area contributed by atoms with Gasteiger partial charge in [-0.05, 0) is 6.92 Å². The van der Waals surface area contributed by atoms with Crippen LogP contribution in [0.3, 0.4) is 0 Å². The second kappa shape index (κ2) is 5.79. The Balaban J connectivity index is 2.07. The molecule has 2 atom stereocenters. The first kappa shape index (κ1) is 13.5. The second-order valence-electron chi connectivity index (χ2n) is 4.70. The molecule has 0 aromatic carbocycles. The van der Waals surface area contributed by atoms with E-state index in [4.69, 9.17) is 5.73 Å². The molecule has 8 heteroatoms. The molecule has 1 aliphatic rings. The van der Waals surface area contributed by atoms with Crippen molar-refractivity contribution in [3.63, 3.8) is 0 Å². The van der Waals surface area contributed by atoms with Crippen molar-refractivity contribution in [1.29, 1.82) is 0 Å². The molecular weight excluding hydrogens is 248 g/mol. The quantitative estimate of drug-likeness (QED) is 0.487. The third kappa shape index (κ3) is 2.90. The summed E-state index contributed by atoms with van der Waals surface area (Å²) in [6.07, 6.45) is 3.57. The number of hydrogen-bond acceptors (Lipinski definition) is 6. The van der Waals surface area contributed by atoms with E-state index < -0.39 is 4.92 Å². The van der Waals surface area contributed by atoms with Crippen LogP contribution in [0.25, 0.3) is 0 Å². The van der Waals surface area contributed by atoms with Crippen molar-refractivity contribution in [1.82, 2.24) is 9.97 Å². The minimum Gasteiger partial charge on any atom is -0.378 e. The molecule has 1 fully saturated rings. The smallest absolute Gasteiger partial charge is 0.352 e. The number of quaternary nitrogens is 1. The normalized spacial score (nSPS) is 22.4. The molecule has 2 rings (SSSR count). The number of aromatic nitrogens is 2. The van der Waals surface area contributed by atoms with Gasteiger partial charge in [-0.3, -0.25) is 10.1 Å². The lowest BCUT2D eigenvalue weighted by atomic mass is 10.2. The summed E-state index contributed by atoms with van der Waals surface area (Å²) < 4.78 is 0. The molecule has 1 aromatic rings. The summed E-state index contributed by atoms with van der Waals surface area (Å²) >= 11 is 0. The lowest BCUT2D eigenvalue weighted by molar-refractivity contribution is -0.908. The number of nitrogens with zero attached hydrogens (tertiary/aromatic N) is 3. The summed E-state index contributed by atoms with van der Waals surface area (Å²) in [6.45, 7) is 5.05. The maximum absolute atomic E-state index is 11.0. The monoisotopic (exact) mass is 267 g/mol. The van der Waals surface area contributed by atoms with Crippen LogP contribution < -0.4 is 16.0 Å². The van der Waals surface area contributed by atoms with Crippen molar-refractivity contribution in [2.75, 3.05) is 30.7 Å². The molecule has 1 aliphatic heterocycles. The van der Waals surface area contributed by atoms with Crippen LogP contribution in [0.4, 0.5) is 17.3 Å². The molecule has 0 bridgehead atoms. The number of rotatable bonds is 5. The van der Waals surface area contributed by atoms with Crippen molar-refractivity contribution in [2.45, 2.75) is 25.8 Å². The van der Waals surface area contributed by atoms with Crippen molar-refractivity contribution in [3.8, 4) is 0 Å². The van der Waals surface area contributed by atoms with Crippen molar-refractivity contribution in [2.24, 2.45) is 0 Å². The first-order valence-electron chi connectivity index (χ1n) is 6.46. The first-order chi connectivity index (χ1) is 9.13. The van der Waals surface area contributed by atoms with E-state index in [1.165, 1.54) is 17.6 Å². The molecule has 0 radical (unpaired) electrons. The van der Waals surface area contributed by atoms with Crippen molar-refractivity contribution in [3.05, 3.63) is 16.4 Å². The SMILES string of the molecule is CC[NH+]1CCC[C@@H]1CNc1ncnc(N)c1[N+](=O)[O-]. The number of likely N-dealkylation sites (N-methyl/N-ethyl adjacent to an activating group) is 1. The average Bonchev–Trinajstić information content (AvgIpc) is 2.83. The van der Waals surface area contributed by atoms with Gasteiger partial charge in [-0.25, -0.2) is 9.97 Å². The number of nitrogens with one attached hydrogen (secondary N) is 2. The molecule has 0 amide bonds. The van der Waals surface area contributed by atoms with Gasteiger partial charge >= 0.3 is 5.69 Å². The highest BCUT2D eigenvalue weighted by molar-refractivity contribution is 5.67. The Labute approximate surface area is 111 Å². The summed E-state index contributed by atoms with van der Waals surface area (Å²) in [7, 11) is 0. The molecule has 1 unspecified atom stereocenters. The van der Waals surface area contributed by atoms with E-state index in [0.717, 1.165) is 19.5 Å². The molecule has 1 saturated heterocycles. The molecular formula is C11H19N6O2+. The van der Waals surface area contributed by atoms with E-state index in [1.807, 2.05) is 0 Å². The minimum absolute atomic E-state index is 0.103. The summed E-state index contributed by atoms with van der Waals surface area (Å²) in [6, 6.07) is 0.473. The van der Waals surface area contributed by atoms with Crippen molar-refractivity contribution < 1.29 is 9.82 Å². The Morgan fingerprint density at radius 3 is 3.11 bits per heavy atom. The molecule has 0 aliphatic carbocycles. The Bertz CT molecular complexity index is 466. The fourth-order valence-corrected chi connectivity index (χ4v) is 2.62. The Morgan fingerprint density at radius 1 is 1.63 bits per heavy atom. The number of hydrogen-bond donors (Lipinski definition) is 3. The van der Waals surface area contributed by atoms with Crippen LogP contribution in [-0.2, 0) is 0 Å². The van der Waals surface area contributed by atoms with E-state index in [0.29, 0.717) is 12.6 Å². The van der Waals surface area contributed by atoms with E-state index in [2.05, 4.69) is 22.2 Å². The summed E-state index contributed by atoms with van der Waals surface area (Å²) in [5.74, 6) is 0.105. The molecule has 1 aromatic heterocycles. The Hall–Kier alpha value is -1.96. The summed E-state index contributed by atoms with van der Waals surface area (Å²) in [4.78, 5) is 19.5. The zero-order chi connectivity index (χ0) is 13.8. The third-order valence-corrected chi connectivity index (χ3v) is 3.63. The van der Waals surface area contributed by atoms with Crippen LogP contribution in [0.2, 0.25) is 0 Å². The third-order valence-electron chi connectivity index (χ3n) is 3.63. The van der Waals surface area contributed by atoms with Gasteiger partial charge in [-0.2, -0.15) is 0 Å². The largest absolute Gasteiger partial charge is 0.378 e. The van der Waals surface area contributed by atoms with Gasteiger partial charge in [0.2, 0.25) is 11.6 Å². The number of nitrogen functional groups attached to an aromatic ring is 1. The van der Waals surface area contributed by atoms with Gasteiger partial charge in [0.15, 0.2) is 0 Å². The number of anilines is 2. The van der Waals surface area contributed by atoms with Crippen LogP contribution in [0.15, 0.2) is 6.33 Å². The van der Waals surface area contributed by atoms with Gasteiger partial charge in [0.1, 0.15) is 12.4 Å². The van der Waals surface area contributed by atoms with Gasteiger partial charge in [0, 0.05) is 12.8 Å². The first-order valence-corrected chi connectivity index (χ1v) is 6.46. The van der Waals surface area contributed by atoms with E-state index in [1.54, 1.807) is 0 Å². The number of nitrogens with two attached hydrogens (primary N) is 1. The van der Waals surface area contributed by atoms with Gasteiger partial charge in [0.25, 0.3) is 0 Å². The average molecular weight is 267 g/mol. The minimum atomic E-state index is -0.545. The number of likely N-dealkylation sites (tertiary alicyclic amines) is 1. The van der Waals surface area contributed by atoms with E-state index in [9.17, 15) is 10.1 Å². The maximum Gasteiger partial charge on any atom is 0.352 e. The van der Waals surface area contributed by atoms with Gasteiger partial charge in [0.05, 0.1) is 24.6 Å². The fraction of sp³-hybridized carbons (Fsp3) is 0.636. The molecule has 2 heterocycles. The highest BCUT2D eigenvalue weighted by atomic mass is 16.6. The van der Waals surface area contributed by atoms with Gasteiger partial charge in [-0.1, -0.05) is 0 Å².